The van der Waals surface area contributed by atoms with Crippen molar-refractivity contribution >= 4 is 11.4 Å². The van der Waals surface area contributed by atoms with Crippen molar-refractivity contribution in [2.45, 2.75) is 33.3 Å². The highest BCUT2D eigenvalue weighted by Gasteiger charge is 1.99. The Morgan fingerprint density at radius 1 is 0.875 bits per heavy atom. The van der Waals surface area contributed by atoms with E-state index >= 15 is 0 Å². The van der Waals surface area contributed by atoms with E-state index in [1.165, 1.54) is 0 Å². The Morgan fingerprint density at radius 2 is 1.58 bits per heavy atom. The van der Waals surface area contributed by atoms with Gasteiger partial charge < -0.3 is 20.1 Å². The number of benzene rings is 2. The highest BCUT2D eigenvalue weighted by atomic mass is 16.5. The molecule has 0 bridgehead atoms. The van der Waals surface area contributed by atoms with Gasteiger partial charge in [0.25, 0.3) is 0 Å². The summed E-state index contributed by atoms with van der Waals surface area (Å²) in [5.74, 6) is 1.81. The fourth-order valence-corrected chi connectivity index (χ4v) is 2.25. The fraction of sp³-hybridized carbons (Fsp3) is 0.400. The number of ether oxygens (including phenoxy) is 2. The standard InChI is InChI=1S/C20H28N2O2/c1-4-14-23-19-10-8-17(9-11-19)21-12-13-22-18-6-5-7-20(15-18)24-16(2)3/h5-11,15-16,21-22H,4,12-14H2,1-3H3. The predicted octanol–water partition coefficient (Wildman–Crippen LogP) is 4.79. The van der Waals surface area contributed by atoms with E-state index in [-0.39, 0.29) is 6.10 Å². The molecule has 2 N–H and O–H groups in total. The third-order valence-corrected chi connectivity index (χ3v) is 3.32. The molecule has 24 heavy (non-hydrogen) atoms. The summed E-state index contributed by atoms with van der Waals surface area (Å²) in [6.45, 7) is 8.60. The number of anilines is 2. The van der Waals surface area contributed by atoms with Crippen molar-refractivity contribution in [1.82, 2.24) is 0 Å². The molecule has 0 unspecified atom stereocenters. The number of nitrogens with one attached hydrogen (secondary N) is 2. The molecule has 0 aliphatic carbocycles. The molecule has 0 heterocycles. The van der Waals surface area contributed by atoms with Gasteiger partial charge in [-0.25, -0.2) is 0 Å². The quantitative estimate of drug-likeness (QED) is 0.616. The van der Waals surface area contributed by atoms with Crippen LogP contribution in [0.2, 0.25) is 0 Å². The van der Waals surface area contributed by atoms with Gasteiger partial charge in [-0.1, -0.05) is 13.0 Å². The first-order valence-corrected chi connectivity index (χ1v) is 8.64. The number of rotatable bonds is 10. The van der Waals surface area contributed by atoms with Crippen LogP contribution >= 0.6 is 0 Å². The first-order valence-electron chi connectivity index (χ1n) is 8.64. The van der Waals surface area contributed by atoms with Gasteiger partial charge in [0.1, 0.15) is 11.5 Å². The smallest absolute Gasteiger partial charge is 0.121 e. The maximum Gasteiger partial charge on any atom is 0.121 e. The predicted molar refractivity (Wildman–Crippen MR) is 101 cm³/mol. The van der Waals surface area contributed by atoms with E-state index in [9.17, 15) is 0 Å². The maximum atomic E-state index is 5.70. The van der Waals surface area contributed by atoms with E-state index < -0.39 is 0 Å². The fourth-order valence-electron chi connectivity index (χ4n) is 2.25. The highest BCUT2D eigenvalue weighted by Crippen LogP contribution is 2.18. The van der Waals surface area contributed by atoms with Gasteiger partial charge in [-0.15, -0.1) is 0 Å². The molecule has 2 aromatic carbocycles. The lowest BCUT2D eigenvalue weighted by molar-refractivity contribution is 0.242. The van der Waals surface area contributed by atoms with Gasteiger partial charge in [0.15, 0.2) is 0 Å². The molecule has 0 atom stereocenters. The van der Waals surface area contributed by atoms with Gasteiger partial charge in [-0.2, -0.15) is 0 Å². The topological polar surface area (TPSA) is 42.5 Å². The molecule has 2 rings (SSSR count). The van der Waals surface area contributed by atoms with Crippen LogP contribution in [0.3, 0.4) is 0 Å². The lowest BCUT2D eigenvalue weighted by Gasteiger charge is -2.13. The first-order chi connectivity index (χ1) is 11.7. The summed E-state index contributed by atoms with van der Waals surface area (Å²) >= 11 is 0. The third-order valence-electron chi connectivity index (χ3n) is 3.32. The van der Waals surface area contributed by atoms with E-state index in [2.05, 4.69) is 17.6 Å². The zero-order valence-electron chi connectivity index (χ0n) is 14.8. The lowest BCUT2D eigenvalue weighted by atomic mass is 10.3. The number of hydrogen-bond acceptors (Lipinski definition) is 4. The minimum atomic E-state index is 0.186. The van der Waals surface area contributed by atoms with Crippen molar-refractivity contribution in [1.29, 1.82) is 0 Å². The molecule has 0 radical (unpaired) electrons. The second-order valence-corrected chi connectivity index (χ2v) is 5.92. The Balaban J connectivity index is 1.72. The molecule has 0 fully saturated rings. The van der Waals surface area contributed by atoms with Crippen LogP contribution in [0.15, 0.2) is 48.5 Å². The molecule has 0 aliphatic rings. The molecule has 0 spiro atoms. The average Bonchev–Trinajstić information content (AvgIpc) is 2.58. The summed E-state index contributed by atoms with van der Waals surface area (Å²) in [5.41, 5.74) is 2.16. The van der Waals surface area contributed by atoms with Crippen molar-refractivity contribution < 1.29 is 9.47 Å². The Kier molecular flexibility index (Phi) is 7.27. The normalized spacial score (nSPS) is 10.5. The molecule has 4 nitrogen and oxygen atoms in total. The molecule has 130 valence electrons. The molecule has 0 saturated heterocycles. The van der Waals surface area contributed by atoms with E-state index in [4.69, 9.17) is 9.47 Å². The van der Waals surface area contributed by atoms with Crippen molar-refractivity contribution in [2.75, 3.05) is 30.3 Å². The lowest BCUT2D eigenvalue weighted by Crippen LogP contribution is -2.13. The SMILES string of the molecule is CCCOc1ccc(NCCNc2cccc(OC(C)C)c2)cc1. The van der Waals surface area contributed by atoms with Gasteiger partial charge in [-0.05, 0) is 56.7 Å². The maximum absolute atomic E-state index is 5.70. The molecule has 2 aromatic rings. The van der Waals surface area contributed by atoms with Gasteiger partial charge >= 0.3 is 0 Å². The van der Waals surface area contributed by atoms with Crippen LogP contribution in [0.5, 0.6) is 11.5 Å². The zero-order valence-corrected chi connectivity index (χ0v) is 14.8. The molecular weight excluding hydrogens is 300 g/mol. The van der Waals surface area contributed by atoms with Crippen LogP contribution in [-0.4, -0.2) is 25.8 Å². The monoisotopic (exact) mass is 328 g/mol. The third kappa shape index (κ3) is 6.41. The van der Waals surface area contributed by atoms with Crippen LogP contribution in [0, 0.1) is 0 Å². The Labute approximate surface area is 145 Å². The Bertz CT molecular complexity index is 597. The van der Waals surface area contributed by atoms with Crippen molar-refractivity contribution in [3.05, 3.63) is 48.5 Å². The molecule has 0 aromatic heterocycles. The Hall–Kier alpha value is -2.36. The van der Waals surface area contributed by atoms with Crippen molar-refractivity contribution in [3.8, 4) is 11.5 Å². The molecular formula is C20H28N2O2. The summed E-state index contributed by atoms with van der Waals surface area (Å²) in [4.78, 5) is 0. The molecule has 0 saturated carbocycles. The molecule has 0 amide bonds. The molecule has 4 heteroatoms. The van der Waals surface area contributed by atoms with Gasteiger partial charge in [0, 0.05) is 30.5 Å². The van der Waals surface area contributed by atoms with E-state index in [1.54, 1.807) is 0 Å². The zero-order chi connectivity index (χ0) is 17.2. The average molecular weight is 328 g/mol. The van der Waals surface area contributed by atoms with E-state index in [0.717, 1.165) is 49.0 Å². The van der Waals surface area contributed by atoms with Gasteiger partial charge in [0.2, 0.25) is 0 Å². The Morgan fingerprint density at radius 3 is 2.25 bits per heavy atom. The van der Waals surface area contributed by atoms with Crippen LogP contribution in [0.1, 0.15) is 27.2 Å². The largest absolute Gasteiger partial charge is 0.494 e. The van der Waals surface area contributed by atoms with Crippen LogP contribution in [0.25, 0.3) is 0 Å². The summed E-state index contributed by atoms with van der Waals surface area (Å²) in [6.07, 6.45) is 1.21. The first kappa shape index (κ1) is 18.0. The number of hydrogen-bond donors (Lipinski definition) is 2. The van der Waals surface area contributed by atoms with Gasteiger partial charge in [0.05, 0.1) is 12.7 Å². The second-order valence-electron chi connectivity index (χ2n) is 5.92. The van der Waals surface area contributed by atoms with Crippen LogP contribution in [0.4, 0.5) is 11.4 Å². The van der Waals surface area contributed by atoms with Crippen molar-refractivity contribution in [3.63, 3.8) is 0 Å². The summed E-state index contributed by atoms with van der Waals surface area (Å²) < 4.78 is 11.3. The minimum absolute atomic E-state index is 0.186. The molecule has 0 aliphatic heterocycles. The van der Waals surface area contributed by atoms with Crippen LogP contribution in [-0.2, 0) is 0 Å². The summed E-state index contributed by atoms with van der Waals surface area (Å²) in [5, 5.41) is 6.80. The van der Waals surface area contributed by atoms with E-state index in [1.807, 2.05) is 62.4 Å². The van der Waals surface area contributed by atoms with Gasteiger partial charge in [-0.3, -0.25) is 0 Å². The summed E-state index contributed by atoms with van der Waals surface area (Å²) in [7, 11) is 0. The minimum Gasteiger partial charge on any atom is -0.494 e. The van der Waals surface area contributed by atoms with Crippen molar-refractivity contribution in [2.24, 2.45) is 0 Å². The highest BCUT2D eigenvalue weighted by molar-refractivity contribution is 5.49. The van der Waals surface area contributed by atoms with Crippen LogP contribution < -0.4 is 20.1 Å². The summed E-state index contributed by atoms with van der Waals surface area (Å²) in [6, 6.07) is 16.1. The second kappa shape index (κ2) is 9.71. The van der Waals surface area contributed by atoms with E-state index in [0.29, 0.717) is 0 Å².